The van der Waals surface area contributed by atoms with Crippen LogP contribution < -0.4 is 14.8 Å². The van der Waals surface area contributed by atoms with Gasteiger partial charge in [0.1, 0.15) is 17.0 Å². The minimum Gasteiger partial charge on any atom is -0.497 e. The Labute approximate surface area is 175 Å². The van der Waals surface area contributed by atoms with E-state index in [0.29, 0.717) is 18.2 Å². The van der Waals surface area contributed by atoms with E-state index >= 15 is 0 Å². The first-order valence-corrected chi connectivity index (χ1v) is 9.85. The molecule has 4 aromatic rings. The van der Waals surface area contributed by atoms with E-state index in [0.717, 1.165) is 33.8 Å². The highest BCUT2D eigenvalue weighted by Gasteiger charge is 2.17. The number of nitrogens with zero attached hydrogens (tertiary/aromatic N) is 4. The highest BCUT2D eigenvalue weighted by atomic mass is 16.5. The van der Waals surface area contributed by atoms with Crippen molar-refractivity contribution in [1.29, 1.82) is 0 Å². The number of methoxy groups -OCH3 is 2. The molecule has 0 amide bonds. The van der Waals surface area contributed by atoms with Crippen molar-refractivity contribution in [1.82, 2.24) is 19.5 Å². The predicted octanol–water partition coefficient (Wildman–Crippen LogP) is 4.70. The van der Waals surface area contributed by atoms with E-state index in [4.69, 9.17) is 19.4 Å². The van der Waals surface area contributed by atoms with Crippen LogP contribution in [0.4, 0.5) is 5.82 Å². The molecule has 0 atom stereocenters. The van der Waals surface area contributed by atoms with Crippen molar-refractivity contribution in [3.63, 3.8) is 0 Å². The number of ether oxygens (including phenoxy) is 2. The maximum atomic E-state index is 5.53. The van der Waals surface area contributed by atoms with E-state index in [2.05, 4.69) is 28.7 Å². The molecule has 7 heteroatoms. The predicted molar refractivity (Wildman–Crippen MR) is 118 cm³/mol. The fraction of sp³-hybridized carbons (Fsp3) is 0.261. The molecule has 0 bridgehead atoms. The van der Waals surface area contributed by atoms with Crippen LogP contribution in [0.5, 0.6) is 11.5 Å². The van der Waals surface area contributed by atoms with Gasteiger partial charge in [-0.3, -0.25) is 0 Å². The zero-order valence-corrected chi connectivity index (χ0v) is 17.6. The molecule has 30 heavy (non-hydrogen) atoms. The fourth-order valence-corrected chi connectivity index (χ4v) is 3.30. The van der Waals surface area contributed by atoms with Crippen molar-refractivity contribution in [3.8, 4) is 22.9 Å². The van der Waals surface area contributed by atoms with Gasteiger partial charge in [0.05, 0.1) is 26.1 Å². The first-order chi connectivity index (χ1) is 14.6. The summed E-state index contributed by atoms with van der Waals surface area (Å²) in [6.07, 6.45) is 1.81. The number of imidazole rings is 1. The topological polar surface area (TPSA) is 74.1 Å². The van der Waals surface area contributed by atoms with Crippen molar-refractivity contribution in [2.24, 2.45) is 0 Å². The quantitative estimate of drug-likeness (QED) is 0.482. The molecule has 0 saturated heterocycles. The lowest BCUT2D eigenvalue weighted by molar-refractivity contribution is 0.414. The summed E-state index contributed by atoms with van der Waals surface area (Å²) in [5.74, 6) is 2.85. The van der Waals surface area contributed by atoms with Crippen LogP contribution in [0.3, 0.4) is 0 Å². The summed E-state index contributed by atoms with van der Waals surface area (Å²) in [6.45, 7) is 4.82. The largest absolute Gasteiger partial charge is 0.497 e. The van der Waals surface area contributed by atoms with Crippen LogP contribution in [0.15, 0.2) is 54.9 Å². The number of nitrogens with one attached hydrogen (secondary N) is 1. The molecular formula is C23H25N5O2. The smallest absolute Gasteiger partial charge is 0.167 e. The molecule has 0 aliphatic heterocycles. The van der Waals surface area contributed by atoms with Crippen molar-refractivity contribution < 1.29 is 9.47 Å². The van der Waals surface area contributed by atoms with Crippen molar-refractivity contribution in [3.05, 3.63) is 60.4 Å². The van der Waals surface area contributed by atoms with Gasteiger partial charge in [0.2, 0.25) is 0 Å². The molecule has 7 nitrogen and oxygen atoms in total. The van der Waals surface area contributed by atoms with Gasteiger partial charge in [-0.25, -0.2) is 15.0 Å². The number of para-hydroxylation sites is 1. The Morgan fingerprint density at radius 2 is 1.73 bits per heavy atom. The van der Waals surface area contributed by atoms with Gasteiger partial charge in [-0.2, -0.15) is 0 Å². The van der Waals surface area contributed by atoms with E-state index in [1.807, 2.05) is 54.9 Å². The van der Waals surface area contributed by atoms with Crippen molar-refractivity contribution in [2.45, 2.75) is 26.4 Å². The average molecular weight is 403 g/mol. The third-order valence-corrected chi connectivity index (χ3v) is 4.94. The van der Waals surface area contributed by atoms with Gasteiger partial charge in [-0.1, -0.05) is 24.3 Å². The van der Waals surface area contributed by atoms with Crippen LogP contribution in [0.1, 0.15) is 25.5 Å². The lowest BCUT2D eigenvalue weighted by Crippen LogP contribution is -2.06. The molecule has 2 heterocycles. The van der Waals surface area contributed by atoms with Gasteiger partial charge in [-0.15, -0.1) is 0 Å². The molecule has 154 valence electrons. The van der Waals surface area contributed by atoms with Gasteiger partial charge in [0.25, 0.3) is 0 Å². The van der Waals surface area contributed by atoms with Gasteiger partial charge in [0.15, 0.2) is 17.3 Å². The molecule has 0 saturated carbocycles. The zero-order valence-electron chi connectivity index (χ0n) is 17.6. The molecular weight excluding hydrogens is 378 g/mol. The summed E-state index contributed by atoms with van der Waals surface area (Å²) in [5, 5.41) is 3.43. The average Bonchev–Trinajstić information content (AvgIpc) is 3.22. The number of aromatic nitrogens is 4. The molecule has 0 unspecified atom stereocenters. The second-order valence-electron chi connectivity index (χ2n) is 7.22. The summed E-state index contributed by atoms with van der Waals surface area (Å²) in [5.41, 5.74) is 3.49. The fourth-order valence-electron chi connectivity index (χ4n) is 3.30. The Morgan fingerprint density at radius 1 is 0.967 bits per heavy atom. The molecule has 0 radical (unpaired) electrons. The molecule has 0 aliphatic carbocycles. The summed E-state index contributed by atoms with van der Waals surface area (Å²) in [4.78, 5) is 14.2. The van der Waals surface area contributed by atoms with E-state index in [1.54, 1.807) is 14.2 Å². The Morgan fingerprint density at radius 3 is 2.43 bits per heavy atom. The Kier molecular flexibility index (Phi) is 5.52. The Bertz CT molecular complexity index is 1150. The van der Waals surface area contributed by atoms with Gasteiger partial charge < -0.3 is 19.4 Å². The maximum Gasteiger partial charge on any atom is 0.167 e. The van der Waals surface area contributed by atoms with E-state index in [9.17, 15) is 0 Å². The highest BCUT2D eigenvalue weighted by molar-refractivity contribution is 5.85. The van der Waals surface area contributed by atoms with Crippen LogP contribution >= 0.6 is 0 Å². The summed E-state index contributed by atoms with van der Waals surface area (Å²) in [6, 6.07) is 15.9. The van der Waals surface area contributed by atoms with Crippen LogP contribution in [-0.2, 0) is 6.54 Å². The SMILES string of the molecule is COc1ccc(CNc2nc(-c3ccccc3OC)nc3c2ncn3C(C)C)cc1. The number of hydrogen-bond acceptors (Lipinski definition) is 6. The number of benzene rings is 2. The Hall–Kier alpha value is -3.61. The minimum absolute atomic E-state index is 0.227. The lowest BCUT2D eigenvalue weighted by atomic mass is 10.2. The zero-order chi connectivity index (χ0) is 21.1. The highest BCUT2D eigenvalue weighted by Crippen LogP contribution is 2.31. The normalized spacial score (nSPS) is 11.1. The van der Waals surface area contributed by atoms with Crippen LogP contribution in [0.2, 0.25) is 0 Å². The summed E-state index contributed by atoms with van der Waals surface area (Å²) >= 11 is 0. The molecule has 2 aromatic carbocycles. The molecule has 0 fully saturated rings. The molecule has 2 aromatic heterocycles. The van der Waals surface area contributed by atoms with Gasteiger partial charge >= 0.3 is 0 Å². The van der Waals surface area contributed by atoms with Crippen LogP contribution in [0.25, 0.3) is 22.6 Å². The van der Waals surface area contributed by atoms with Gasteiger partial charge in [0, 0.05) is 12.6 Å². The molecule has 1 N–H and O–H groups in total. The van der Waals surface area contributed by atoms with E-state index in [1.165, 1.54) is 0 Å². The van der Waals surface area contributed by atoms with Crippen molar-refractivity contribution in [2.75, 3.05) is 19.5 Å². The number of rotatable bonds is 7. The second kappa shape index (κ2) is 8.41. The lowest BCUT2D eigenvalue weighted by Gasteiger charge is -2.13. The minimum atomic E-state index is 0.227. The van der Waals surface area contributed by atoms with Crippen molar-refractivity contribution >= 4 is 17.0 Å². The first kappa shape index (κ1) is 19.7. The number of hydrogen-bond donors (Lipinski definition) is 1. The maximum absolute atomic E-state index is 5.53. The number of anilines is 1. The number of fused-ring (bicyclic) bond motifs is 1. The Balaban J connectivity index is 1.77. The molecule has 4 rings (SSSR count). The third-order valence-electron chi connectivity index (χ3n) is 4.94. The molecule has 0 aliphatic rings. The van der Waals surface area contributed by atoms with E-state index in [-0.39, 0.29) is 6.04 Å². The van der Waals surface area contributed by atoms with Gasteiger partial charge in [-0.05, 0) is 43.7 Å². The monoisotopic (exact) mass is 403 g/mol. The standard InChI is InChI=1S/C23H25N5O2/c1-15(2)28-14-25-20-22(24-13-16-9-11-17(29-3)12-10-16)26-21(27-23(20)28)18-7-5-6-8-19(18)30-4/h5-12,14-15H,13H2,1-4H3,(H,24,26,27). The first-order valence-electron chi connectivity index (χ1n) is 9.85. The van der Waals surface area contributed by atoms with E-state index < -0.39 is 0 Å². The molecule has 0 spiro atoms. The second-order valence-corrected chi connectivity index (χ2v) is 7.22. The van der Waals surface area contributed by atoms with Crippen LogP contribution in [0, 0.1) is 0 Å². The third kappa shape index (κ3) is 3.78. The van der Waals surface area contributed by atoms with Crippen LogP contribution in [-0.4, -0.2) is 33.7 Å². The summed E-state index contributed by atoms with van der Waals surface area (Å²) < 4.78 is 12.8. The summed E-state index contributed by atoms with van der Waals surface area (Å²) in [7, 11) is 3.31.